The van der Waals surface area contributed by atoms with E-state index in [2.05, 4.69) is 10.00 Å². The molecule has 0 spiro atoms. The molecule has 1 saturated carbocycles. The third-order valence-corrected chi connectivity index (χ3v) is 3.76. The number of hydrogen-bond donors (Lipinski definition) is 0. The second-order valence-electron chi connectivity index (χ2n) is 4.80. The summed E-state index contributed by atoms with van der Waals surface area (Å²) in [5.41, 5.74) is 0.420. The molecule has 0 aliphatic heterocycles. The predicted molar refractivity (Wildman–Crippen MR) is 62.4 cm³/mol. The van der Waals surface area contributed by atoms with E-state index in [1.165, 1.54) is 0 Å². The maximum atomic E-state index is 12.6. The van der Waals surface area contributed by atoms with Crippen molar-refractivity contribution in [2.24, 2.45) is 7.05 Å². The van der Waals surface area contributed by atoms with Crippen molar-refractivity contribution in [3.05, 3.63) is 18.0 Å². The zero-order valence-corrected chi connectivity index (χ0v) is 10.2. The molecule has 0 saturated heterocycles. The molecule has 16 heavy (non-hydrogen) atoms. The Kier molecular flexibility index (Phi) is 2.84. The summed E-state index contributed by atoms with van der Waals surface area (Å²) >= 11 is 0. The molecule has 4 heteroatoms. The van der Waals surface area contributed by atoms with E-state index in [1.54, 1.807) is 10.9 Å². The minimum atomic E-state index is -0.298. The van der Waals surface area contributed by atoms with Gasteiger partial charge in [-0.3, -0.25) is 14.4 Å². The van der Waals surface area contributed by atoms with E-state index in [4.69, 9.17) is 0 Å². The van der Waals surface area contributed by atoms with Gasteiger partial charge >= 0.3 is 0 Å². The second kappa shape index (κ2) is 4.01. The van der Waals surface area contributed by atoms with Crippen molar-refractivity contribution in [3.63, 3.8) is 0 Å². The van der Waals surface area contributed by atoms with Crippen LogP contribution in [0.15, 0.2) is 12.3 Å². The van der Waals surface area contributed by atoms with Crippen molar-refractivity contribution in [1.29, 1.82) is 0 Å². The maximum absolute atomic E-state index is 12.6. The largest absolute Gasteiger partial charge is 0.297 e. The molecule has 1 aliphatic rings. The van der Waals surface area contributed by atoms with E-state index in [1.807, 2.05) is 27.2 Å². The lowest BCUT2D eigenvalue weighted by Gasteiger charge is -2.34. The summed E-state index contributed by atoms with van der Waals surface area (Å²) in [7, 11) is 5.82. The first-order valence-corrected chi connectivity index (χ1v) is 5.78. The molecule has 1 fully saturated rings. The lowest BCUT2D eigenvalue weighted by molar-refractivity contribution is 0.0682. The molecule has 0 atom stereocenters. The lowest BCUT2D eigenvalue weighted by Crippen LogP contribution is -2.49. The third-order valence-electron chi connectivity index (χ3n) is 3.76. The van der Waals surface area contributed by atoms with Gasteiger partial charge in [0.25, 0.3) is 0 Å². The molecule has 0 bridgehead atoms. The number of hydrogen-bond acceptors (Lipinski definition) is 3. The number of likely N-dealkylation sites (N-methyl/N-ethyl adjacent to an activating group) is 1. The molecule has 1 aliphatic carbocycles. The van der Waals surface area contributed by atoms with Crippen molar-refractivity contribution in [3.8, 4) is 0 Å². The quantitative estimate of drug-likeness (QED) is 0.726. The number of Topliss-reactive ketones (excluding diaryl/α,β-unsaturated/α-hetero) is 1. The molecule has 0 N–H and O–H groups in total. The second-order valence-corrected chi connectivity index (χ2v) is 4.80. The number of rotatable bonds is 3. The molecule has 88 valence electrons. The molecule has 1 aromatic heterocycles. The van der Waals surface area contributed by atoms with E-state index in [-0.39, 0.29) is 11.3 Å². The first-order valence-electron chi connectivity index (χ1n) is 5.78. The standard InChI is InChI=1S/C12H19N3O/c1-14(2)12(7-4-5-8-12)11(16)10-6-9-13-15(10)3/h6,9H,4-5,7-8H2,1-3H3. The summed E-state index contributed by atoms with van der Waals surface area (Å²) < 4.78 is 1.67. The van der Waals surface area contributed by atoms with Crippen LogP contribution in [-0.4, -0.2) is 40.1 Å². The predicted octanol–water partition coefficient (Wildman–Crippen LogP) is 1.48. The highest BCUT2D eigenvalue weighted by Crippen LogP contribution is 2.36. The molecule has 4 nitrogen and oxygen atoms in total. The fraction of sp³-hybridized carbons (Fsp3) is 0.667. The van der Waals surface area contributed by atoms with Gasteiger partial charge in [-0.05, 0) is 33.0 Å². The zero-order chi connectivity index (χ0) is 11.8. The summed E-state index contributed by atoms with van der Waals surface area (Å²) in [5, 5.41) is 4.08. The third kappa shape index (κ3) is 1.57. The van der Waals surface area contributed by atoms with Crippen LogP contribution in [0.25, 0.3) is 0 Å². The van der Waals surface area contributed by atoms with Gasteiger partial charge in [-0.2, -0.15) is 5.10 Å². The Morgan fingerprint density at radius 1 is 1.44 bits per heavy atom. The van der Waals surface area contributed by atoms with Crippen LogP contribution in [0.4, 0.5) is 0 Å². The van der Waals surface area contributed by atoms with Gasteiger partial charge in [0.05, 0.1) is 5.54 Å². The normalized spacial score (nSPS) is 19.2. The topological polar surface area (TPSA) is 38.1 Å². The van der Waals surface area contributed by atoms with Gasteiger partial charge in [-0.15, -0.1) is 0 Å². The smallest absolute Gasteiger partial charge is 0.200 e. The summed E-state index contributed by atoms with van der Waals surface area (Å²) in [6, 6.07) is 1.81. The molecule has 1 aromatic rings. The zero-order valence-electron chi connectivity index (χ0n) is 10.2. The Morgan fingerprint density at radius 3 is 2.50 bits per heavy atom. The van der Waals surface area contributed by atoms with Crippen LogP contribution in [0.2, 0.25) is 0 Å². The molecular weight excluding hydrogens is 202 g/mol. The number of carbonyl (C=O) groups is 1. The van der Waals surface area contributed by atoms with Crippen molar-refractivity contribution < 1.29 is 4.79 Å². The van der Waals surface area contributed by atoms with Gasteiger partial charge in [-0.1, -0.05) is 12.8 Å². The Labute approximate surface area is 96.2 Å². The highest BCUT2D eigenvalue weighted by atomic mass is 16.1. The molecule has 0 aromatic carbocycles. The number of aryl methyl sites for hydroxylation is 1. The Bertz CT molecular complexity index is 389. The van der Waals surface area contributed by atoms with Crippen molar-refractivity contribution in [2.45, 2.75) is 31.2 Å². The van der Waals surface area contributed by atoms with Crippen LogP contribution in [0.5, 0.6) is 0 Å². The first kappa shape index (κ1) is 11.3. The molecular formula is C12H19N3O. The van der Waals surface area contributed by atoms with Gasteiger partial charge in [0, 0.05) is 13.2 Å². The van der Waals surface area contributed by atoms with E-state index in [9.17, 15) is 4.79 Å². The summed E-state index contributed by atoms with van der Waals surface area (Å²) in [5.74, 6) is 0.218. The molecule has 0 radical (unpaired) electrons. The lowest BCUT2D eigenvalue weighted by atomic mass is 9.88. The molecule has 2 rings (SSSR count). The average molecular weight is 221 g/mol. The van der Waals surface area contributed by atoms with Crippen LogP contribution in [0, 0.1) is 0 Å². The fourth-order valence-electron chi connectivity index (χ4n) is 2.67. The summed E-state index contributed by atoms with van der Waals surface area (Å²) in [6.07, 6.45) is 5.89. The van der Waals surface area contributed by atoms with E-state index in [0.717, 1.165) is 31.4 Å². The Morgan fingerprint density at radius 2 is 2.06 bits per heavy atom. The van der Waals surface area contributed by atoms with Gasteiger partial charge < -0.3 is 0 Å². The Hall–Kier alpha value is -1.16. The van der Waals surface area contributed by atoms with Gasteiger partial charge in [0.1, 0.15) is 5.69 Å². The first-order chi connectivity index (χ1) is 7.58. The summed E-state index contributed by atoms with van der Waals surface area (Å²) in [6.45, 7) is 0. The minimum Gasteiger partial charge on any atom is -0.297 e. The molecule has 0 amide bonds. The van der Waals surface area contributed by atoms with Crippen LogP contribution in [0.1, 0.15) is 36.2 Å². The van der Waals surface area contributed by atoms with E-state index in [0.29, 0.717) is 0 Å². The van der Waals surface area contributed by atoms with Gasteiger partial charge in [0.2, 0.25) is 5.78 Å². The SMILES string of the molecule is CN(C)C1(C(=O)c2ccnn2C)CCCC1. The van der Waals surface area contributed by atoms with Crippen LogP contribution in [-0.2, 0) is 7.05 Å². The van der Waals surface area contributed by atoms with E-state index < -0.39 is 0 Å². The van der Waals surface area contributed by atoms with Crippen molar-refractivity contribution in [1.82, 2.24) is 14.7 Å². The van der Waals surface area contributed by atoms with Crippen LogP contribution >= 0.6 is 0 Å². The van der Waals surface area contributed by atoms with E-state index >= 15 is 0 Å². The highest BCUT2D eigenvalue weighted by molar-refractivity contribution is 6.02. The molecule has 0 unspecified atom stereocenters. The minimum absolute atomic E-state index is 0.218. The molecule has 1 heterocycles. The van der Waals surface area contributed by atoms with Crippen LogP contribution in [0.3, 0.4) is 0 Å². The number of carbonyl (C=O) groups excluding carboxylic acids is 1. The number of nitrogens with zero attached hydrogens (tertiary/aromatic N) is 3. The Balaban J connectivity index is 2.35. The maximum Gasteiger partial charge on any atom is 0.200 e. The monoisotopic (exact) mass is 221 g/mol. The van der Waals surface area contributed by atoms with Crippen molar-refractivity contribution in [2.75, 3.05) is 14.1 Å². The number of aromatic nitrogens is 2. The fourth-order valence-corrected chi connectivity index (χ4v) is 2.67. The average Bonchev–Trinajstić information content (AvgIpc) is 2.85. The summed E-state index contributed by atoms with van der Waals surface area (Å²) in [4.78, 5) is 14.7. The van der Waals surface area contributed by atoms with Gasteiger partial charge in [-0.25, -0.2) is 0 Å². The number of ketones is 1. The highest BCUT2D eigenvalue weighted by Gasteiger charge is 2.44. The van der Waals surface area contributed by atoms with Crippen LogP contribution < -0.4 is 0 Å². The van der Waals surface area contributed by atoms with Gasteiger partial charge in [0.15, 0.2) is 0 Å². The van der Waals surface area contributed by atoms with Crippen molar-refractivity contribution >= 4 is 5.78 Å².